The van der Waals surface area contributed by atoms with E-state index in [2.05, 4.69) is 10.2 Å². The number of benzene rings is 1. The molecule has 9 nitrogen and oxygen atoms in total. The van der Waals surface area contributed by atoms with Crippen molar-refractivity contribution in [2.75, 3.05) is 38.6 Å². The molecule has 3 rings (SSSR count). The molecule has 2 aromatic rings. The molecule has 0 atom stereocenters. The van der Waals surface area contributed by atoms with E-state index in [1.54, 1.807) is 28.8 Å². The first-order chi connectivity index (χ1) is 12.6. The summed E-state index contributed by atoms with van der Waals surface area (Å²) in [6.45, 7) is 5.15. The van der Waals surface area contributed by atoms with E-state index < -0.39 is 4.92 Å². The van der Waals surface area contributed by atoms with Gasteiger partial charge in [0, 0.05) is 19.2 Å². The Bertz CT molecular complexity index is 731. The maximum absolute atomic E-state index is 10.7. The molecule has 0 unspecified atom stereocenters. The fourth-order valence-corrected chi connectivity index (χ4v) is 3.58. The molecule has 1 saturated heterocycles. The third kappa shape index (κ3) is 4.93. The lowest BCUT2D eigenvalue weighted by molar-refractivity contribution is -0.905. The van der Waals surface area contributed by atoms with Crippen molar-refractivity contribution in [3.05, 3.63) is 40.2 Å². The number of nitrogens with zero attached hydrogens (tertiary/aromatic N) is 4. The van der Waals surface area contributed by atoms with Crippen LogP contribution in [0.5, 0.6) is 5.75 Å². The van der Waals surface area contributed by atoms with Crippen LogP contribution in [0, 0.1) is 10.1 Å². The van der Waals surface area contributed by atoms with Gasteiger partial charge in [0.2, 0.25) is 0 Å². The van der Waals surface area contributed by atoms with Gasteiger partial charge in [-0.3, -0.25) is 10.1 Å². The quantitative estimate of drug-likeness (QED) is 0.400. The van der Waals surface area contributed by atoms with E-state index in [1.807, 2.05) is 11.6 Å². The summed E-state index contributed by atoms with van der Waals surface area (Å²) in [6.07, 6.45) is 0. The first-order valence-electron chi connectivity index (χ1n) is 8.43. The highest BCUT2D eigenvalue weighted by Crippen LogP contribution is 2.19. The minimum Gasteiger partial charge on any atom is -0.486 e. The number of nitrogens with one attached hydrogen (secondary N) is 1. The number of quaternary nitrogens is 1. The molecule has 0 radical (unpaired) electrons. The Morgan fingerprint density at radius 3 is 2.73 bits per heavy atom. The van der Waals surface area contributed by atoms with E-state index in [0.717, 1.165) is 43.8 Å². The average molecular weight is 380 g/mol. The number of nitro benzene ring substituents is 1. The van der Waals surface area contributed by atoms with Gasteiger partial charge >= 0.3 is 0 Å². The van der Waals surface area contributed by atoms with Crippen LogP contribution in [-0.4, -0.2) is 58.3 Å². The maximum Gasteiger partial charge on any atom is 0.269 e. The van der Waals surface area contributed by atoms with E-state index in [0.29, 0.717) is 11.6 Å². The van der Waals surface area contributed by atoms with Crippen molar-refractivity contribution >= 4 is 17.4 Å². The molecule has 0 spiro atoms. The van der Waals surface area contributed by atoms with Crippen LogP contribution in [0.1, 0.15) is 5.82 Å². The smallest absolute Gasteiger partial charge is 0.269 e. The predicted molar refractivity (Wildman–Crippen MR) is 95.5 cm³/mol. The normalized spacial score (nSPS) is 15.1. The Morgan fingerprint density at radius 2 is 2.04 bits per heavy atom. The lowest BCUT2D eigenvalue weighted by Gasteiger charge is -2.23. The summed E-state index contributed by atoms with van der Waals surface area (Å²) in [6, 6.07) is 5.99. The van der Waals surface area contributed by atoms with Gasteiger partial charge < -0.3 is 18.9 Å². The van der Waals surface area contributed by atoms with Gasteiger partial charge in [0.1, 0.15) is 25.4 Å². The standard InChI is InChI=1S/C16H21N5O4S/c1-19-15(12-25-14-4-2-13(3-5-14)21(22)23)17-18-16(19)26-11-8-20-6-9-24-10-7-20/h2-5H,6-12H2,1H3/p+1. The summed E-state index contributed by atoms with van der Waals surface area (Å²) in [7, 11) is 1.92. The third-order valence-corrected chi connectivity index (χ3v) is 5.25. The average Bonchev–Trinajstić information content (AvgIpc) is 3.01. The summed E-state index contributed by atoms with van der Waals surface area (Å²) < 4.78 is 12.9. The van der Waals surface area contributed by atoms with Crippen molar-refractivity contribution < 1.29 is 19.3 Å². The van der Waals surface area contributed by atoms with Gasteiger partial charge in [-0.05, 0) is 12.1 Å². The zero-order valence-corrected chi connectivity index (χ0v) is 15.4. The molecule has 1 aliphatic rings. The Balaban J connectivity index is 1.47. The molecule has 0 saturated carbocycles. The minimum atomic E-state index is -0.436. The summed E-state index contributed by atoms with van der Waals surface area (Å²) in [5.41, 5.74) is 0.0390. The molecule has 140 valence electrons. The van der Waals surface area contributed by atoms with Gasteiger partial charge in [-0.25, -0.2) is 0 Å². The van der Waals surface area contributed by atoms with Crippen LogP contribution < -0.4 is 9.64 Å². The molecule has 1 aromatic heterocycles. The number of morpholine rings is 1. The Morgan fingerprint density at radius 1 is 1.31 bits per heavy atom. The number of thioether (sulfide) groups is 1. The lowest BCUT2D eigenvalue weighted by atomic mass is 10.3. The lowest BCUT2D eigenvalue weighted by Crippen LogP contribution is -3.14. The molecule has 0 amide bonds. The molecule has 2 heterocycles. The van der Waals surface area contributed by atoms with Gasteiger partial charge in [-0.2, -0.15) is 0 Å². The molecule has 1 N–H and O–H groups in total. The predicted octanol–water partition coefficient (Wildman–Crippen LogP) is 0.310. The molecule has 0 aliphatic carbocycles. The first-order valence-corrected chi connectivity index (χ1v) is 9.41. The van der Waals surface area contributed by atoms with Gasteiger partial charge in [0.15, 0.2) is 11.0 Å². The molecule has 1 fully saturated rings. The number of rotatable bonds is 8. The summed E-state index contributed by atoms with van der Waals surface area (Å²) >= 11 is 1.69. The Kier molecular flexibility index (Phi) is 6.42. The number of nitro groups is 1. The highest BCUT2D eigenvalue weighted by atomic mass is 32.2. The van der Waals surface area contributed by atoms with E-state index in [4.69, 9.17) is 9.47 Å². The zero-order valence-electron chi connectivity index (χ0n) is 14.6. The van der Waals surface area contributed by atoms with Gasteiger partial charge in [0.05, 0.1) is 30.4 Å². The number of hydrogen-bond donors (Lipinski definition) is 1. The molecular weight excluding hydrogens is 358 g/mol. The number of ether oxygens (including phenoxy) is 2. The topological polar surface area (TPSA) is 96.8 Å². The van der Waals surface area contributed by atoms with Gasteiger partial charge in [0.25, 0.3) is 5.69 Å². The second-order valence-electron chi connectivity index (χ2n) is 5.96. The van der Waals surface area contributed by atoms with E-state index in [1.165, 1.54) is 12.1 Å². The molecule has 26 heavy (non-hydrogen) atoms. The van der Waals surface area contributed by atoms with E-state index >= 15 is 0 Å². The SMILES string of the molecule is Cn1c(COc2ccc([N+](=O)[O-])cc2)nnc1SCC[NH+]1CCOCC1. The third-order valence-electron chi connectivity index (χ3n) is 4.23. The van der Waals surface area contributed by atoms with E-state index in [-0.39, 0.29) is 12.3 Å². The fourth-order valence-electron chi connectivity index (χ4n) is 2.61. The van der Waals surface area contributed by atoms with Gasteiger partial charge in [-0.15, -0.1) is 10.2 Å². The molecule has 10 heteroatoms. The zero-order chi connectivity index (χ0) is 18.4. The van der Waals surface area contributed by atoms with Crippen molar-refractivity contribution in [1.29, 1.82) is 0 Å². The second kappa shape index (κ2) is 8.97. The van der Waals surface area contributed by atoms with Crippen LogP contribution in [0.4, 0.5) is 5.69 Å². The Hall–Kier alpha value is -2.17. The fraction of sp³-hybridized carbons (Fsp3) is 0.500. The summed E-state index contributed by atoms with van der Waals surface area (Å²) in [4.78, 5) is 11.8. The van der Waals surface area contributed by atoms with Crippen LogP contribution in [0.25, 0.3) is 0 Å². The maximum atomic E-state index is 10.7. The molecule has 1 aromatic carbocycles. The summed E-state index contributed by atoms with van der Waals surface area (Å²) in [5.74, 6) is 2.25. The molecule has 1 aliphatic heterocycles. The van der Waals surface area contributed by atoms with Crippen molar-refractivity contribution in [1.82, 2.24) is 14.8 Å². The van der Waals surface area contributed by atoms with Crippen LogP contribution in [0.2, 0.25) is 0 Å². The summed E-state index contributed by atoms with van der Waals surface area (Å²) in [5, 5.41) is 19.9. The van der Waals surface area contributed by atoms with Crippen molar-refractivity contribution in [3.8, 4) is 5.75 Å². The van der Waals surface area contributed by atoms with Gasteiger partial charge in [-0.1, -0.05) is 11.8 Å². The minimum absolute atomic E-state index is 0.0390. The largest absolute Gasteiger partial charge is 0.486 e. The number of aromatic nitrogens is 3. The highest BCUT2D eigenvalue weighted by Gasteiger charge is 2.15. The highest BCUT2D eigenvalue weighted by molar-refractivity contribution is 7.99. The first kappa shape index (κ1) is 18.6. The van der Waals surface area contributed by atoms with Crippen molar-refractivity contribution in [2.24, 2.45) is 7.05 Å². The molecular formula is C16H22N5O4S+. The van der Waals surface area contributed by atoms with Crippen LogP contribution in [-0.2, 0) is 18.4 Å². The van der Waals surface area contributed by atoms with Crippen LogP contribution in [0.15, 0.2) is 29.4 Å². The van der Waals surface area contributed by atoms with E-state index in [9.17, 15) is 10.1 Å². The van der Waals surface area contributed by atoms with Crippen LogP contribution in [0.3, 0.4) is 0 Å². The van der Waals surface area contributed by atoms with Crippen molar-refractivity contribution in [3.63, 3.8) is 0 Å². The molecule has 0 bridgehead atoms. The monoisotopic (exact) mass is 380 g/mol. The van der Waals surface area contributed by atoms with Crippen LogP contribution >= 0.6 is 11.8 Å². The number of hydrogen-bond acceptors (Lipinski definition) is 7. The van der Waals surface area contributed by atoms with Crippen molar-refractivity contribution in [2.45, 2.75) is 11.8 Å². The Labute approximate surface area is 155 Å². The number of non-ortho nitro benzene ring substituents is 1. The second-order valence-corrected chi connectivity index (χ2v) is 7.02.